The summed E-state index contributed by atoms with van der Waals surface area (Å²) in [5.74, 6) is -1.17. The maximum Gasteiger partial charge on any atom is 0.416 e. The first kappa shape index (κ1) is 24.5. The summed E-state index contributed by atoms with van der Waals surface area (Å²) in [4.78, 5) is 24.2. The van der Waals surface area contributed by atoms with Gasteiger partial charge < -0.3 is 10.2 Å². The summed E-state index contributed by atoms with van der Waals surface area (Å²) >= 11 is 0. The molecule has 9 nitrogen and oxygen atoms in total. The van der Waals surface area contributed by atoms with Gasteiger partial charge in [-0.05, 0) is 24.3 Å². The van der Waals surface area contributed by atoms with E-state index in [9.17, 15) is 36.5 Å². The molecule has 178 valence electrons. The van der Waals surface area contributed by atoms with Gasteiger partial charge in [-0.2, -0.15) is 17.5 Å². The van der Waals surface area contributed by atoms with E-state index < -0.39 is 38.3 Å². The Hall–Kier alpha value is -3.19. The highest BCUT2D eigenvalue weighted by Gasteiger charge is 2.32. The molecule has 0 aromatic heterocycles. The minimum Gasteiger partial charge on any atom is -0.369 e. The van der Waals surface area contributed by atoms with Crippen LogP contribution in [0.5, 0.6) is 0 Å². The van der Waals surface area contributed by atoms with E-state index in [2.05, 4.69) is 5.32 Å². The summed E-state index contributed by atoms with van der Waals surface area (Å²) in [6.07, 6.45) is -4.47. The normalized spacial score (nSPS) is 15.3. The Balaban J connectivity index is 1.54. The number of para-hydroxylation sites is 1. The third kappa shape index (κ3) is 5.99. The van der Waals surface area contributed by atoms with Gasteiger partial charge in [0.05, 0.1) is 16.2 Å². The van der Waals surface area contributed by atoms with Crippen molar-refractivity contribution in [3.63, 3.8) is 0 Å². The first-order chi connectivity index (χ1) is 15.5. The van der Waals surface area contributed by atoms with Crippen LogP contribution in [-0.2, 0) is 16.2 Å². The number of carbonyl (C=O) groups is 1. The second-order valence-electron chi connectivity index (χ2n) is 7.28. The number of sulfonamides is 1. The summed E-state index contributed by atoms with van der Waals surface area (Å²) < 4.78 is 65.2. The van der Waals surface area contributed by atoms with Crippen molar-refractivity contribution in [1.82, 2.24) is 9.62 Å². The molecule has 2 aromatic carbocycles. The largest absolute Gasteiger partial charge is 0.416 e. The van der Waals surface area contributed by atoms with Crippen molar-refractivity contribution in [3.05, 3.63) is 69.8 Å². The van der Waals surface area contributed by atoms with Crippen LogP contribution < -0.4 is 10.2 Å². The maximum atomic E-state index is 12.9. The van der Waals surface area contributed by atoms with Crippen molar-refractivity contribution in [3.8, 4) is 0 Å². The van der Waals surface area contributed by atoms with Crippen molar-refractivity contribution in [2.24, 2.45) is 0 Å². The number of nitro benzene ring substituents is 1. The molecule has 2 aromatic rings. The zero-order valence-electron chi connectivity index (χ0n) is 17.3. The highest BCUT2D eigenvalue weighted by molar-refractivity contribution is 7.89. The van der Waals surface area contributed by atoms with E-state index in [0.29, 0.717) is 5.69 Å². The molecule has 3 rings (SSSR count). The minimum atomic E-state index is -4.47. The van der Waals surface area contributed by atoms with E-state index in [1.165, 1.54) is 40.7 Å². The molecule has 1 fully saturated rings. The van der Waals surface area contributed by atoms with Crippen LogP contribution in [0.3, 0.4) is 0 Å². The van der Waals surface area contributed by atoms with Crippen molar-refractivity contribution >= 4 is 27.3 Å². The van der Waals surface area contributed by atoms with Crippen LogP contribution in [0.1, 0.15) is 15.9 Å². The molecule has 1 aliphatic heterocycles. The number of nitro groups is 1. The number of anilines is 1. The number of halogens is 3. The van der Waals surface area contributed by atoms with Crippen molar-refractivity contribution in [2.45, 2.75) is 6.18 Å². The van der Waals surface area contributed by atoms with E-state index in [0.717, 1.165) is 12.1 Å². The second-order valence-corrected chi connectivity index (χ2v) is 9.37. The zero-order valence-corrected chi connectivity index (χ0v) is 18.1. The van der Waals surface area contributed by atoms with E-state index in [1.807, 2.05) is 0 Å². The number of carbonyl (C=O) groups excluding carboxylic acids is 1. The van der Waals surface area contributed by atoms with Gasteiger partial charge in [0.1, 0.15) is 5.56 Å². The van der Waals surface area contributed by atoms with Gasteiger partial charge in [0.25, 0.3) is 11.6 Å². The summed E-state index contributed by atoms with van der Waals surface area (Å²) in [6.45, 7) is 0.334. The van der Waals surface area contributed by atoms with E-state index >= 15 is 0 Å². The molecule has 0 aliphatic carbocycles. The third-order valence-corrected chi connectivity index (χ3v) is 7.03. The fourth-order valence-electron chi connectivity index (χ4n) is 3.45. The fourth-order valence-corrected chi connectivity index (χ4v) is 4.78. The lowest BCUT2D eigenvalue weighted by Crippen LogP contribution is -2.50. The van der Waals surface area contributed by atoms with E-state index in [4.69, 9.17) is 0 Å². The Morgan fingerprint density at radius 1 is 1.06 bits per heavy atom. The van der Waals surface area contributed by atoms with Gasteiger partial charge in [-0.25, -0.2) is 8.42 Å². The number of benzene rings is 2. The molecule has 0 bridgehead atoms. The van der Waals surface area contributed by atoms with Gasteiger partial charge in [0, 0.05) is 44.5 Å². The third-order valence-electron chi connectivity index (χ3n) is 5.16. The Kier molecular flexibility index (Phi) is 7.22. The molecule has 1 aliphatic rings. The van der Waals surface area contributed by atoms with Crippen LogP contribution in [0.4, 0.5) is 24.5 Å². The zero-order chi connectivity index (χ0) is 24.2. The number of rotatable bonds is 7. The molecule has 0 radical (unpaired) electrons. The highest BCUT2D eigenvalue weighted by atomic mass is 32.2. The molecule has 0 spiro atoms. The van der Waals surface area contributed by atoms with Crippen LogP contribution in [0.15, 0.2) is 48.5 Å². The van der Waals surface area contributed by atoms with Crippen LogP contribution in [0.2, 0.25) is 0 Å². The fraction of sp³-hybridized carbons (Fsp3) is 0.350. The summed E-state index contributed by atoms with van der Waals surface area (Å²) in [6, 6.07) is 10.2. The monoisotopic (exact) mass is 486 g/mol. The van der Waals surface area contributed by atoms with E-state index in [1.54, 1.807) is 4.90 Å². The van der Waals surface area contributed by atoms with Crippen LogP contribution in [0, 0.1) is 10.1 Å². The minimum absolute atomic E-state index is 0.0800. The number of nitrogens with zero attached hydrogens (tertiary/aromatic N) is 3. The van der Waals surface area contributed by atoms with Crippen molar-refractivity contribution < 1.29 is 31.3 Å². The van der Waals surface area contributed by atoms with Gasteiger partial charge in [0.2, 0.25) is 10.0 Å². The smallest absolute Gasteiger partial charge is 0.369 e. The standard InChI is InChI=1S/C20H21F3N4O5S/c21-20(22,23)15-4-3-5-16(14-15)25-9-11-26(12-10-25)33(31,32)13-8-24-19(28)17-6-1-2-7-18(17)27(29)30/h1-7,14H,8-13H2,(H,24,28). The second kappa shape index (κ2) is 9.75. The van der Waals surface area contributed by atoms with Crippen LogP contribution >= 0.6 is 0 Å². The summed E-state index contributed by atoms with van der Waals surface area (Å²) in [5.41, 5.74) is -0.971. The molecule has 1 amide bonds. The Labute approximate surface area is 188 Å². The topological polar surface area (TPSA) is 113 Å². The lowest BCUT2D eigenvalue weighted by molar-refractivity contribution is -0.385. The van der Waals surface area contributed by atoms with E-state index in [-0.39, 0.29) is 44.0 Å². The first-order valence-corrected chi connectivity index (χ1v) is 11.5. The number of alkyl halides is 3. The Morgan fingerprint density at radius 3 is 2.36 bits per heavy atom. The van der Waals surface area contributed by atoms with Gasteiger partial charge in [-0.15, -0.1) is 0 Å². The predicted octanol–water partition coefficient (Wildman–Crippen LogP) is 2.50. The summed E-state index contributed by atoms with van der Waals surface area (Å²) in [5, 5.41) is 13.4. The quantitative estimate of drug-likeness (QED) is 0.475. The molecular formula is C20H21F3N4O5S. The number of nitrogens with one attached hydrogen (secondary N) is 1. The molecule has 1 heterocycles. The molecule has 0 atom stereocenters. The van der Waals surface area contributed by atoms with Crippen LogP contribution in [-0.4, -0.2) is 62.0 Å². The summed E-state index contributed by atoms with van der Waals surface area (Å²) in [7, 11) is -3.75. The lowest BCUT2D eigenvalue weighted by atomic mass is 10.1. The maximum absolute atomic E-state index is 12.9. The van der Waals surface area contributed by atoms with Crippen LogP contribution in [0.25, 0.3) is 0 Å². The number of amides is 1. The van der Waals surface area contributed by atoms with Gasteiger partial charge >= 0.3 is 6.18 Å². The molecule has 13 heteroatoms. The molecule has 33 heavy (non-hydrogen) atoms. The molecule has 0 saturated carbocycles. The Bertz CT molecular complexity index is 1130. The molecule has 0 unspecified atom stereocenters. The number of hydrogen-bond donors (Lipinski definition) is 1. The lowest BCUT2D eigenvalue weighted by Gasteiger charge is -2.35. The SMILES string of the molecule is O=C(NCCS(=O)(=O)N1CCN(c2cccc(C(F)(F)F)c2)CC1)c1ccccc1[N+](=O)[O-]. The predicted molar refractivity (Wildman–Crippen MR) is 114 cm³/mol. The number of hydrogen-bond acceptors (Lipinski definition) is 6. The average molecular weight is 486 g/mol. The van der Waals surface area contributed by atoms with Crippen molar-refractivity contribution in [2.75, 3.05) is 43.4 Å². The number of piperazine rings is 1. The first-order valence-electron chi connectivity index (χ1n) is 9.91. The molecule has 1 saturated heterocycles. The Morgan fingerprint density at radius 2 is 1.73 bits per heavy atom. The van der Waals surface area contributed by atoms with Gasteiger partial charge in [0.15, 0.2) is 0 Å². The van der Waals surface area contributed by atoms with Gasteiger partial charge in [-0.3, -0.25) is 14.9 Å². The van der Waals surface area contributed by atoms with Gasteiger partial charge in [-0.1, -0.05) is 18.2 Å². The highest BCUT2D eigenvalue weighted by Crippen LogP contribution is 2.32. The average Bonchev–Trinajstić information content (AvgIpc) is 2.78. The molecule has 1 N–H and O–H groups in total. The molecular weight excluding hydrogens is 465 g/mol. The van der Waals surface area contributed by atoms with Crippen molar-refractivity contribution in [1.29, 1.82) is 0 Å².